The number of hydrogen-bond acceptors (Lipinski definition) is 5. The number of ether oxygens (including phenoxy) is 1. The van der Waals surface area contributed by atoms with Gasteiger partial charge in [-0.1, -0.05) is 78.9 Å². The zero-order valence-electron chi connectivity index (χ0n) is 22.5. The molecule has 1 unspecified atom stereocenters. The maximum absolute atomic E-state index is 12.6. The van der Waals surface area contributed by atoms with E-state index in [0.717, 1.165) is 16.7 Å². The molecule has 8 heteroatoms. The second kappa shape index (κ2) is 12.3. The summed E-state index contributed by atoms with van der Waals surface area (Å²) >= 11 is 0. The van der Waals surface area contributed by atoms with Crippen LogP contribution in [0.5, 0.6) is 0 Å². The molecule has 208 valence electrons. The number of nitrogens with one attached hydrogen (secondary N) is 2. The largest absolute Gasteiger partial charge is 0.479 e. The summed E-state index contributed by atoms with van der Waals surface area (Å²) < 4.78 is 5.55. The molecular weight excluding hydrogens is 506 g/mol. The average molecular weight is 542 g/mol. The van der Waals surface area contributed by atoms with Gasteiger partial charge in [0.1, 0.15) is 6.61 Å². The molecule has 3 N–H and O–H groups in total. The molecule has 1 fully saturated rings. The van der Waals surface area contributed by atoms with Gasteiger partial charge in [-0.3, -0.25) is 9.69 Å². The Bertz CT molecular complexity index is 1320. The summed E-state index contributed by atoms with van der Waals surface area (Å²) in [5, 5.41) is 15.4. The first-order chi connectivity index (χ1) is 19.4. The van der Waals surface area contributed by atoms with E-state index in [1.54, 1.807) is 0 Å². The fourth-order valence-corrected chi connectivity index (χ4v) is 5.78. The number of aliphatic carboxylic acids is 1. The van der Waals surface area contributed by atoms with Gasteiger partial charge in [0.15, 0.2) is 5.54 Å². The number of unbranched alkanes of at least 4 members (excludes halogenated alkanes) is 1. The van der Waals surface area contributed by atoms with Crippen LogP contribution in [0.4, 0.5) is 4.79 Å². The Hall–Kier alpha value is -4.17. The molecule has 1 saturated heterocycles. The number of carboxylic acid groups (broad SMARTS) is 1. The fraction of sp³-hybridized carbons (Fsp3) is 0.344. The first-order valence-electron chi connectivity index (χ1n) is 13.8. The molecule has 8 nitrogen and oxygen atoms in total. The van der Waals surface area contributed by atoms with E-state index in [1.807, 2.05) is 54.6 Å². The van der Waals surface area contributed by atoms with E-state index in [0.29, 0.717) is 38.9 Å². The Labute approximate surface area is 234 Å². The van der Waals surface area contributed by atoms with E-state index < -0.39 is 17.6 Å². The zero-order valence-corrected chi connectivity index (χ0v) is 22.5. The van der Waals surface area contributed by atoms with Crippen LogP contribution in [-0.2, 0) is 20.9 Å². The standard InChI is InChI=1S/C32H35N3O5/c36-29(34-32(30(37)38)17-19-35(22-32)20-23-10-2-1-3-11-23)16-8-9-18-33-31(39)40-21-28-26-14-6-4-12-24(26)25-13-5-7-15-27(25)28/h1-7,10-15,28H,8-9,16-22H2,(H,33,39)(H,34,36)(H,37,38). The topological polar surface area (TPSA) is 108 Å². The highest BCUT2D eigenvalue weighted by atomic mass is 16.5. The minimum absolute atomic E-state index is 0.00241. The van der Waals surface area contributed by atoms with Crippen molar-refractivity contribution < 1.29 is 24.2 Å². The summed E-state index contributed by atoms with van der Waals surface area (Å²) in [5.41, 5.74) is 4.51. The minimum atomic E-state index is -1.27. The number of carboxylic acids is 1. The average Bonchev–Trinajstić information content (AvgIpc) is 3.51. The highest BCUT2D eigenvalue weighted by Crippen LogP contribution is 2.44. The number of nitrogens with zero attached hydrogens (tertiary/aromatic N) is 1. The van der Waals surface area contributed by atoms with Gasteiger partial charge in [0.25, 0.3) is 0 Å². The number of carbonyl (C=O) groups excluding carboxylic acids is 2. The van der Waals surface area contributed by atoms with Crippen molar-refractivity contribution in [1.29, 1.82) is 0 Å². The molecule has 0 saturated carbocycles. The van der Waals surface area contributed by atoms with Crippen molar-refractivity contribution in [3.05, 3.63) is 95.6 Å². The van der Waals surface area contributed by atoms with Gasteiger partial charge in [0, 0.05) is 38.5 Å². The Morgan fingerprint density at radius 2 is 1.55 bits per heavy atom. The van der Waals surface area contributed by atoms with Crippen LogP contribution in [0.2, 0.25) is 0 Å². The molecule has 1 heterocycles. The van der Waals surface area contributed by atoms with E-state index >= 15 is 0 Å². The third kappa shape index (κ3) is 6.18. The quantitative estimate of drug-likeness (QED) is 0.308. The molecule has 3 aromatic rings. The predicted molar refractivity (Wildman–Crippen MR) is 152 cm³/mol. The number of amides is 2. The van der Waals surface area contributed by atoms with Crippen LogP contribution in [0.15, 0.2) is 78.9 Å². The van der Waals surface area contributed by atoms with Crippen LogP contribution in [0.25, 0.3) is 11.1 Å². The van der Waals surface area contributed by atoms with Crippen LogP contribution >= 0.6 is 0 Å². The van der Waals surface area contributed by atoms with Crippen molar-refractivity contribution in [1.82, 2.24) is 15.5 Å². The third-order valence-corrected chi connectivity index (χ3v) is 7.83. The van der Waals surface area contributed by atoms with Gasteiger partial charge in [-0.25, -0.2) is 9.59 Å². The zero-order chi connectivity index (χ0) is 28.0. The SMILES string of the molecule is O=C(CCCCNC(=O)OCC1c2ccccc2-c2ccccc21)NC1(C(=O)O)CCN(Cc2ccccc2)C1. The maximum Gasteiger partial charge on any atom is 0.407 e. The molecule has 2 amide bonds. The maximum atomic E-state index is 12.6. The number of benzene rings is 3. The molecule has 0 aromatic heterocycles. The third-order valence-electron chi connectivity index (χ3n) is 7.83. The van der Waals surface area contributed by atoms with E-state index in [9.17, 15) is 19.5 Å². The van der Waals surface area contributed by atoms with Crippen LogP contribution in [0.1, 0.15) is 48.3 Å². The lowest BCUT2D eigenvalue weighted by molar-refractivity contribution is -0.147. The molecule has 5 rings (SSSR count). The molecular formula is C32H35N3O5. The van der Waals surface area contributed by atoms with E-state index in [2.05, 4.69) is 39.8 Å². The van der Waals surface area contributed by atoms with Gasteiger partial charge in [-0.2, -0.15) is 0 Å². The predicted octanol–water partition coefficient (Wildman–Crippen LogP) is 4.54. The second-order valence-electron chi connectivity index (χ2n) is 10.6. The smallest absolute Gasteiger partial charge is 0.407 e. The van der Waals surface area contributed by atoms with E-state index in [-0.39, 0.29) is 31.4 Å². The summed E-state index contributed by atoms with van der Waals surface area (Å²) in [4.78, 5) is 39.1. The lowest BCUT2D eigenvalue weighted by atomic mass is 9.98. The molecule has 3 aromatic carbocycles. The Balaban J connectivity index is 1.02. The summed E-state index contributed by atoms with van der Waals surface area (Å²) in [6.07, 6.45) is 1.18. The number of carbonyl (C=O) groups is 3. The Morgan fingerprint density at radius 1 is 0.900 bits per heavy atom. The van der Waals surface area contributed by atoms with Crippen molar-refractivity contribution in [2.45, 2.75) is 43.7 Å². The molecule has 1 aliphatic heterocycles. The highest BCUT2D eigenvalue weighted by Gasteiger charge is 2.45. The van der Waals surface area contributed by atoms with Gasteiger partial charge >= 0.3 is 12.1 Å². The summed E-state index contributed by atoms with van der Waals surface area (Å²) in [6, 6.07) is 26.3. The number of likely N-dealkylation sites (tertiary alicyclic amines) is 1. The lowest BCUT2D eigenvalue weighted by Crippen LogP contribution is -2.56. The summed E-state index contributed by atoms with van der Waals surface area (Å²) in [5.74, 6) is -1.29. The molecule has 0 spiro atoms. The number of fused-ring (bicyclic) bond motifs is 3. The van der Waals surface area contributed by atoms with Crippen LogP contribution < -0.4 is 10.6 Å². The first-order valence-corrected chi connectivity index (χ1v) is 13.8. The molecule has 0 radical (unpaired) electrons. The van der Waals surface area contributed by atoms with Crippen molar-refractivity contribution in [3.63, 3.8) is 0 Å². The number of hydrogen-bond donors (Lipinski definition) is 3. The first kappa shape index (κ1) is 27.4. The van der Waals surface area contributed by atoms with Gasteiger partial charge < -0.3 is 20.5 Å². The lowest BCUT2D eigenvalue weighted by Gasteiger charge is -2.26. The van der Waals surface area contributed by atoms with Crippen molar-refractivity contribution in [3.8, 4) is 11.1 Å². The highest BCUT2D eigenvalue weighted by molar-refractivity contribution is 5.87. The monoisotopic (exact) mass is 541 g/mol. The van der Waals surface area contributed by atoms with Gasteiger partial charge in [-0.05, 0) is 47.1 Å². The summed E-state index contributed by atoms with van der Waals surface area (Å²) in [7, 11) is 0. The molecule has 40 heavy (non-hydrogen) atoms. The van der Waals surface area contributed by atoms with E-state index in [4.69, 9.17) is 4.74 Å². The van der Waals surface area contributed by atoms with Crippen LogP contribution in [-0.4, -0.2) is 59.8 Å². The van der Waals surface area contributed by atoms with E-state index in [1.165, 1.54) is 11.1 Å². The molecule has 1 aliphatic carbocycles. The van der Waals surface area contributed by atoms with Crippen molar-refractivity contribution in [2.24, 2.45) is 0 Å². The minimum Gasteiger partial charge on any atom is -0.479 e. The second-order valence-corrected chi connectivity index (χ2v) is 10.6. The number of alkyl carbamates (subject to hydrolysis) is 1. The molecule has 1 atom stereocenters. The molecule has 2 aliphatic rings. The van der Waals surface area contributed by atoms with Gasteiger partial charge in [-0.15, -0.1) is 0 Å². The summed E-state index contributed by atoms with van der Waals surface area (Å²) in [6.45, 7) is 2.14. The van der Waals surface area contributed by atoms with Gasteiger partial charge in [0.2, 0.25) is 5.91 Å². The number of rotatable bonds is 11. The van der Waals surface area contributed by atoms with Crippen molar-refractivity contribution >= 4 is 18.0 Å². The van der Waals surface area contributed by atoms with Crippen molar-refractivity contribution in [2.75, 3.05) is 26.2 Å². The fourth-order valence-electron chi connectivity index (χ4n) is 5.78. The Morgan fingerprint density at radius 3 is 2.23 bits per heavy atom. The normalized spacial score (nSPS) is 18.1. The van der Waals surface area contributed by atoms with Crippen LogP contribution in [0.3, 0.4) is 0 Å². The Kier molecular flexibility index (Phi) is 8.45. The molecule has 0 bridgehead atoms. The van der Waals surface area contributed by atoms with Crippen LogP contribution in [0, 0.1) is 0 Å². The van der Waals surface area contributed by atoms with Gasteiger partial charge in [0.05, 0.1) is 0 Å².